The van der Waals surface area contributed by atoms with Crippen LogP contribution in [0.5, 0.6) is 0 Å². The van der Waals surface area contributed by atoms with E-state index in [1.54, 1.807) is 13.2 Å². The van der Waals surface area contributed by atoms with E-state index in [-0.39, 0.29) is 18.2 Å². The molecule has 7 heteroatoms. The van der Waals surface area contributed by atoms with Crippen molar-refractivity contribution in [3.63, 3.8) is 0 Å². The number of nitrogens with one attached hydrogen (secondary N) is 1. The number of fused-ring (bicyclic) bond motifs is 1. The maximum Gasteiger partial charge on any atom is 0.273 e. The molecule has 2 aromatic carbocycles. The molecule has 154 valence electrons. The van der Waals surface area contributed by atoms with Crippen molar-refractivity contribution < 1.29 is 14.5 Å². The van der Waals surface area contributed by atoms with Gasteiger partial charge in [0.05, 0.1) is 5.69 Å². The molecule has 0 unspecified atom stereocenters. The van der Waals surface area contributed by atoms with Gasteiger partial charge in [-0.05, 0) is 30.9 Å². The Labute approximate surface area is 175 Å². The van der Waals surface area contributed by atoms with Crippen molar-refractivity contribution in [3.05, 3.63) is 77.1 Å². The summed E-state index contributed by atoms with van der Waals surface area (Å²) in [6.07, 6.45) is 1.76. The van der Waals surface area contributed by atoms with E-state index in [1.165, 1.54) is 7.11 Å². The normalized spacial score (nSPS) is 12.0. The lowest BCUT2D eigenvalue weighted by molar-refractivity contribution is -0.114. The molecule has 0 radical (unpaired) electrons. The zero-order chi connectivity index (χ0) is 21.5. The van der Waals surface area contributed by atoms with Gasteiger partial charge in [-0.1, -0.05) is 52.8 Å². The van der Waals surface area contributed by atoms with Gasteiger partial charge in [0, 0.05) is 29.8 Å². The van der Waals surface area contributed by atoms with Gasteiger partial charge < -0.3 is 15.0 Å². The summed E-state index contributed by atoms with van der Waals surface area (Å²) in [7, 11) is 2.95. The SMILES string of the molecule is CNC(=O)/C(=N/OC)c1cccc(C)c1CO/N=C(\C)c1nccc2ccccc12. The second-order valence-electron chi connectivity index (χ2n) is 6.63. The largest absolute Gasteiger partial charge is 0.398 e. The first-order valence-corrected chi connectivity index (χ1v) is 9.49. The average Bonchev–Trinajstić information content (AvgIpc) is 2.77. The Morgan fingerprint density at radius 3 is 2.67 bits per heavy atom. The van der Waals surface area contributed by atoms with Crippen LogP contribution in [0.1, 0.15) is 29.3 Å². The number of rotatable bonds is 7. The first-order chi connectivity index (χ1) is 14.6. The first-order valence-electron chi connectivity index (χ1n) is 9.49. The molecule has 3 aromatic rings. The van der Waals surface area contributed by atoms with Crippen LogP contribution in [0.3, 0.4) is 0 Å². The van der Waals surface area contributed by atoms with Crippen molar-refractivity contribution in [1.29, 1.82) is 0 Å². The molecule has 0 fully saturated rings. The number of pyridine rings is 1. The summed E-state index contributed by atoms with van der Waals surface area (Å²) in [6, 6.07) is 15.6. The number of hydrogen-bond donors (Lipinski definition) is 1. The molecule has 1 aromatic heterocycles. The Hall–Kier alpha value is -3.74. The Morgan fingerprint density at radius 1 is 1.10 bits per heavy atom. The molecule has 1 heterocycles. The number of nitrogens with zero attached hydrogens (tertiary/aromatic N) is 3. The van der Waals surface area contributed by atoms with Crippen LogP contribution in [-0.2, 0) is 21.1 Å². The Balaban J connectivity index is 1.89. The summed E-state index contributed by atoms with van der Waals surface area (Å²) in [5.74, 6) is -0.344. The first kappa shape index (κ1) is 21.0. The van der Waals surface area contributed by atoms with Crippen molar-refractivity contribution in [1.82, 2.24) is 10.3 Å². The third-order valence-corrected chi connectivity index (χ3v) is 4.72. The number of benzene rings is 2. The molecule has 0 bridgehead atoms. The fourth-order valence-electron chi connectivity index (χ4n) is 3.18. The second kappa shape index (κ2) is 9.65. The van der Waals surface area contributed by atoms with Crippen molar-refractivity contribution in [3.8, 4) is 0 Å². The summed E-state index contributed by atoms with van der Waals surface area (Å²) in [6.45, 7) is 3.97. The summed E-state index contributed by atoms with van der Waals surface area (Å²) >= 11 is 0. The van der Waals surface area contributed by atoms with Gasteiger partial charge in [-0.15, -0.1) is 0 Å². The number of aryl methyl sites for hydroxylation is 1. The van der Waals surface area contributed by atoms with Crippen LogP contribution in [0.25, 0.3) is 10.8 Å². The molecule has 1 N–H and O–H groups in total. The van der Waals surface area contributed by atoms with Gasteiger partial charge in [0.2, 0.25) is 0 Å². The highest BCUT2D eigenvalue weighted by molar-refractivity contribution is 6.45. The number of amides is 1. The minimum atomic E-state index is -0.344. The molecular weight excluding hydrogens is 380 g/mol. The van der Waals surface area contributed by atoms with E-state index in [9.17, 15) is 4.79 Å². The minimum Gasteiger partial charge on any atom is -0.398 e. The number of hydrogen-bond acceptors (Lipinski definition) is 6. The topological polar surface area (TPSA) is 85.2 Å². The van der Waals surface area contributed by atoms with Gasteiger partial charge in [0.1, 0.15) is 19.4 Å². The number of carbonyl (C=O) groups is 1. The summed E-state index contributed by atoms with van der Waals surface area (Å²) in [5.41, 5.74) is 4.01. The quantitative estimate of drug-likeness (QED) is 0.482. The predicted octanol–water partition coefficient (Wildman–Crippen LogP) is 3.58. The van der Waals surface area contributed by atoms with Crippen LogP contribution in [0.4, 0.5) is 0 Å². The molecule has 0 spiro atoms. The fourth-order valence-corrected chi connectivity index (χ4v) is 3.18. The van der Waals surface area contributed by atoms with Crippen LogP contribution < -0.4 is 5.32 Å². The van der Waals surface area contributed by atoms with E-state index >= 15 is 0 Å². The number of oxime groups is 2. The molecule has 0 aliphatic carbocycles. The maximum absolute atomic E-state index is 12.3. The molecule has 1 amide bonds. The Kier molecular flexibility index (Phi) is 6.75. The highest BCUT2D eigenvalue weighted by atomic mass is 16.6. The minimum absolute atomic E-state index is 0.170. The van der Waals surface area contributed by atoms with Crippen molar-refractivity contribution in [2.24, 2.45) is 10.3 Å². The van der Waals surface area contributed by atoms with Gasteiger partial charge in [0.25, 0.3) is 5.91 Å². The third kappa shape index (κ3) is 4.46. The van der Waals surface area contributed by atoms with E-state index in [0.29, 0.717) is 11.3 Å². The molecule has 7 nitrogen and oxygen atoms in total. The van der Waals surface area contributed by atoms with Gasteiger partial charge in [0.15, 0.2) is 5.71 Å². The van der Waals surface area contributed by atoms with Gasteiger partial charge >= 0.3 is 0 Å². The molecule has 0 aliphatic rings. The van der Waals surface area contributed by atoms with E-state index in [0.717, 1.165) is 27.6 Å². The molecule has 0 atom stereocenters. The summed E-state index contributed by atoms with van der Waals surface area (Å²) in [5, 5.41) is 12.8. The predicted molar refractivity (Wildman–Crippen MR) is 118 cm³/mol. The Bertz CT molecular complexity index is 1120. The smallest absolute Gasteiger partial charge is 0.273 e. The van der Waals surface area contributed by atoms with Gasteiger partial charge in [-0.3, -0.25) is 9.78 Å². The number of carbonyl (C=O) groups excluding carboxylic acids is 1. The Morgan fingerprint density at radius 2 is 1.90 bits per heavy atom. The van der Waals surface area contributed by atoms with Crippen molar-refractivity contribution in [2.75, 3.05) is 14.2 Å². The number of likely N-dealkylation sites (N-methyl/N-ethyl adjacent to an activating group) is 1. The summed E-state index contributed by atoms with van der Waals surface area (Å²) < 4.78 is 0. The lowest BCUT2D eigenvalue weighted by Gasteiger charge is -2.13. The lowest BCUT2D eigenvalue weighted by Crippen LogP contribution is -2.29. The standard InChI is InChI=1S/C23H24N4O3/c1-15-8-7-11-19(22(27-29-4)23(28)24-3)20(15)14-30-26-16(2)21-18-10-6-5-9-17(18)12-13-25-21/h5-13H,14H2,1-4H3,(H,24,28)/b26-16+,27-22+. The van der Waals surface area contributed by atoms with Crippen LogP contribution in [0.15, 0.2) is 65.0 Å². The van der Waals surface area contributed by atoms with Crippen LogP contribution in [-0.4, -0.2) is 36.5 Å². The van der Waals surface area contributed by atoms with Crippen LogP contribution >= 0.6 is 0 Å². The zero-order valence-electron chi connectivity index (χ0n) is 17.5. The third-order valence-electron chi connectivity index (χ3n) is 4.72. The molecule has 0 saturated carbocycles. The lowest BCUT2D eigenvalue weighted by atomic mass is 9.98. The molecular formula is C23H24N4O3. The van der Waals surface area contributed by atoms with E-state index < -0.39 is 0 Å². The van der Waals surface area contributed by atoms with Crippen LogP contribution in [0.2, 0.25) is 0 Å². The monoisotopic (exact) mass is 404 g/mol. The highest BCUT2D eigenvalue weighted by Crippen LogP contribution is 2.19. The van der Waals surface area contributed by atoms with E-state index in [2.05, 4.69) is 20.6 Å². The van der Waals surface area contributed by atoms with E-state index in [4.69, 9.17) is 9.68 Å². The molecule has 3 rings (SSSR count). The zero-order valence-corrected chi connectivity index (χ0v) is 17.5. The van der Waals surface area contributed by atoms with E-state index in [1.807, 2.05) is 62.4 Å². The van der Waals surface area contributed by atoms with Crippen molar-refractivity contribution >= 4 is 28.1 Å². The van der Waals surface area contributed by atoms with Gasteiger partial charge in [-0.25, -0.2) is 0 Å². The van der Waals surface area contributed by atoms with Gasteiger partial charge in [-0.2, -0.15) is 0 Å². The molecule has 0 aliphatic heterocycles. The second-order valence-corrected chi connectivity index (χ2v) is 6.63. The van der Waals surface area contributed by atoms with Crippen LogP contribution in [0, 0.1) is 6.92 Å². The average molecular weight is 404 g/mol. The summed E-state index contributed by atoms with van der Waals surface area (Å²) in [4.78, 5) is 27.3. The maximum atomic E-state index is 12.3. The molecule has 30 heavy (non-hydrogen) atoms. The highest BCUT2D eigenvalue weighted by Gasteiger charge is 2.19. The fraction of sp³-hybridized carbons (Fsp3) is 0.217. The van der Waals surface area contributed by atoms with Crippen molar-refractivity contribution in [2.45, 2.75) is 20.5 Å². The number of aromatic nitrogens is 1. The molecule has 0 saturated heterocycles.